The van der Waals surface area contributed by atoms with Crippen molar-refractivity contribution in [3.63, 3.8) is 0 Å². The third-order valence-corrected chi connectivity index (χ3v) is 4.46. The number of hydrogen-bond acceptors (Lipinski definition) is 5. The predicted molar refractivity (Wildman–Crippen MR) is 100 cm³/mol. The van der Waals surface area contributed by atoms with E-state index in [1.807, 2.05) is 60.0 Å². The van der Waals surface area contributed by atoms with Crippen LogP contribution in [0.4, 0.5) is 0 Å². The summed E-state index contributed by atoms with van der Waals surface area (Å²) in [5.41, 5.74) is 0.937. The van der Waals surface area contributed by atoms with E-state index < -0.39 is 0 Å². The highest BCUT2D eigenvalue weighted by molar-refractivity contribution is 7.99. The van der Waals surface area contributed by atoms with Gasteiger partial charge in [0.05, 0.1) is 18.9 Å². The molecule has 0 saturated carbocycles. The van der Waals surface area contributed by atoms with E-state index >= 15 is 0 Å². The molecule has 0 amide bonds. The lowest BCUT2D eigenvalue weighted by Crippen LogP contribution is -2.02. The van der Waals surface area contributed by atoms with Gasteiger partial charge in [-0.15, -0.1) is 10.2 Å². The molecule has 130 valence electrons. The molecule has 0 N–H and O–H groups in total. The lowest BCUT2D eigenvalue weighted by Gasteiger charge is -2.08. The summed E-state index contributed by atoms with van der Waals surface area (Å²) in [5.74, 6) is 2.42. The minimum absolute atomic E-state index is 0.570. The van der Waals surface area contributed by atoms with Gasteiger partial charge < -0.3 is 9.47 Å². The highest BCUT2D eigenvalue weighted by Gasteiger charge is 2.07. The Bertz CT molecular complexity index is 808. The quantitative estimate of drug-likeness (QED) is 0.429. The average molecular weight is 376 g/mol. The fourth-order valence-corrected chi connectivity index (χ4v) is 3.15. The zero-order valence-corrected chi connectivity index (χ0v) is 15.3. The van der Waals surface area contributed by atoms with E-state index in [9.17, 15) is 0 Å². The Balaban J connectivity index is 1.52. The number of nitrogens with zero attached hydrogens (tertiary/aromatic N) is 3. The van der Waals surface area contributed by atoms with Gasteiger partial charge in [0.25, 0.3) is 0 Å². The van der Waals surface area contributed by atoms with E-state index in [0.717, 1.165) is 28.1 Å². The molecule has 0 spiro atoms. The highest BCUT2D eigenvalue weighted by Crippen LogP contribution is 2.22. The van der Waals surface area contributed by atoms with Crippen molar-refractivity contribution < 1.29 is 9.47 Å². The lowest BCUT2D eigenvalue weighted by molar-refractivity contribution is 0.332. The molecule has 0 unspecified atom stereocenters. The minimum atomic E-state index is 0.570. The van der Waals surface area contributed by atoms with Crippen LogP contribution in [0.2, 0.25) is 5.02 Å². The van der Waals surface area contributed by atoms with Gasteiger partial charge in [0.1, 0.15) is 17.8 Å². The first-order valence-corrected chi connectivity index (χ1v) is 9.27. The molecule has 25 heavy (non-hydrogen) atoms. The normalized spacial score (nSPS) is 10.6. The second-order valence-electron chi connectivity index (χ2n) is 5.06. The standard InChI is InChI=1S/C18H18ClN3O2S/c1-2-23-16-6-8-17(9-7-16)24-10-11-25-18-21-20-13-22(18)15-5-3-4-14(19)12-15/h3-9,12-13H,2,10-11H2,1H3. The number of aromatic nitrogens is 3. The Hall–Kier alpha value is -2.18. The molecule has 2 aromatic carbocycles. The molecule has 7 heteroatoms. The molecule has 1 heterocycles. The Kier molecular flexibility index (Phi) is 6.19. The predicted octanol–water partition coefficient (Wildman–Crippen LogP) is 4.49. The number of thioether (sulfide) groups is 1. The van der Waals surface area contributed by atoms with Crippen molar-refractivity contribution in [2.75, 3.05) is 19.0 Å². The molecule has 5 nitrogen and oxygen atoms in total. The molecular formula is C18H18ClN3O2S. The smallest absolute Gasteiger partial charge is 0.195 e. The van der Waals surface area contributed by atoms with E-state index in [1.165, 1.54) is 0 Å². The van der Waals surface area contributed by atoms with Crippen LogP contribution >= 0.6 is 23.4 Å². The van der Waals surface area contributed by atoms with Gasteiger partial charge in [0.2, 0.25) is 0 Å². The summed E-state index contributed by atoms with van der Waals surface area (Å²) in [7, 11) is 0. The summed E-state index contributed by atoms with van der Waals surface area (Å²) in [6.07, 6.45) is 1.68. The van der Waals surface area contributed by atoms with Crippen molar-refractivity contribution in [3.8, 4) is 17.2 Å². The second-order valence-corrected chi connectivity index (χ2v) is 6.56. The molecule has 0 saturated heterocycles. The second kappa shape index (κ2) is 8.78. The fraction of sp³-hybridized carbons (Fsp3) is 0.222. The monoisotopic (exact) mass is 375 g/mol. The molecule has 0 fully saturated rings. The molecule has 1 aromatic heterocycles. The number of hydrogen-bond donors (Lipinski definition) is 0. The van der Waals surface area contributed by atoms with Crippen LogP contribution in [0.5, 0.6) is 11.5 Å². The van der Waals surface area contributed by atoms with Gasteiger partial charge in [-0.05, 0) is 49.4 Å². The molecule has 3 aromatic rings. The summed E-state index contributed by atoms with van der Waals surface area (Å²) in [5, 5.41) is 9.63. The van der Waals surface area contributed by atoms with Crippen LogP contribution in [-0.2, 0) is 0 Å². The average Bonchev–Trinajstić information content (AvgIpc) is 3.09. The maximum absolute atomic E-state index is 6.05. The summed E-state index contributed by atoms with van der Waals surface area (Å²) in [6, 6.07) is 15.2. The van der Waals surface area contributed by atoms with Crippen LogP contribution in [0.25, 0.3) is 5.69 Å². The van der Waals surface area contributed by atoms with Gasteiger partial charge >= 0.3 is 0 Å². The fourth-order valence-electron chi connectivity index (χ4n) is 2.22. The largest absolute Gasteiger partial charge is 0.494 e. The lowest BCUT2D eigenvalue weighted by atomic mass is 10.3. The molecule has 0 radical (unpaired) electrons. The van der Waals surface area contributed by atoms with Crippen LogP contribution in [0.1, 0.15) is 6.92 Å². The van der Waals surface area contributed by atoms with Gasteiger partial charge in [-0.2, -0.15) is 0 Å². The van der Waals surface area contributed by atoms with Crippen LogP contribution in [0, 0.1) is 0 Å². The number of ether oxygens (including phenoxy) is 2. The first-order chi connectivity index (χ1) is 12.3. The van der Waals surface area contributed by atoms with Crippen molar-refractivity contribution in [2.45, 2.75) is 12.1 Å². The zero-order valence-electron chi connectivity index (χ0n) is 13.8. The van der Waals surface area contributed by atoms with Gasteiger partial charge in [-0.1, -0.05) is 29.4 Å². The number of rotatable bonds is 8. The van der Waals surface area contributed by atoms with Gasteiger partial charge in [-0.3, -0.25) is 4.57 Å². The van der Waals surface area contributed by atoms with E-state index in [4.69, 9.17) is 21.1 Å². The van der Waals surface area contributed by atoms with Crippen molar-refractivity contribution in [2.24, 2.45) is 0 Å². The topological polar surface area (TPSA) is 49.2 Å². The van der Waals surface area contributed by atoms with E-state index in [-0.39, 0.29) is 0 Å². The van der Waals surface area contributed by atoms with E-state index in [2.05, 4.69) is 10.2 Å². The minimum Gasteiger partial charge on any atom is -0.494 e. The molecule has 0 aliphatic rings. The van der Waals surface area contributed by atoms with E-state index in [0.29, 0.717) is 18.2 Å². The van der Waals surface area contributed by atoms with Crippen LogP contribution in [0.15, 0.2) is 60.0 Å². The van der Waals surface area contributed by atoms with Crippen molar-refractivity contribution in [1.29, 1.82) is 0 Å². The zero-order chi connectivity index (χ0) is 17.5. The van der Waals surface area contributed by atoms with Crippen molar-refractivity contribution >= 4 is 23.4 Å². The molecular weight excluding hydrogens is 358 g/mol. The van der Waals surface area contributed by atoms with Crippen LogP contribution in [0.3, 0.4) is 0 Å². The first kappa shape index (κ1) is 17.6. The SMILES string of the molecule is CCOc1ccc(OCCSc2nncn2-c2cccc(Cl)c2)cc1. The maximum Gasteiger partial charge on any atom is 0.195 e. The summed E-state index contributed by atoms with van der Waals surface area (Å²) in [6.45, 7) is 3.19. The van der Waals surface area contributed by atoms with Crippen LogP contribution < -0.4 is 9.47 Å². The van der Waals surface area contributed by atoms with Gasteiger partial charge in [0.15, 0.2) is 5.16 Å². The van der Waals surface area contributed by atoms with Crippen LogP contribution in [-0.4, -0.2) is 33.7 Å². The molecule has 3 rings (SSSR count). The van der Waals surface area contributed by atoms with Crippen molar-refractivity contribution in [1.82, 2.24) is 14.8 Å². The molecule has 0 bridgehead atoms. The van der Waals surface area contributed by atoms with Gasteiger partial charge in [0, 0.05) is 10.8 Å². The summed E-state index contributed by atoms with van der Waals surface area (Å²) in [4.78, 5) is 0. The summed E-state index contributed by atoms with van der Waals surface area (Å²) >= 11 is 7.63. The first-order valence-electron chi connectivity index (χ1n) is 7.90. The third-order valence-electron chi connectivity index (χ3n) is 3.32. The van der Waals surface area contributed by atoms with E-state index in [1.54, 1.807) is 18.1 Å². The molecule has 0 aliphatic carbocycles. The van der Waals surface area contributed by atoms with Gasteiger partial charge in [-0.25, -0.2) is 0 Å². The summed E-state index contributed by atoms with van der Waals surface area (Å²) < 4.78 is 13.1. The Morgan fingerprint density at radius 3 is 2.56 bits per heavy atom. The highest BCUT2D eigenvalue weighted by atomic mass is 35.5. The number of halogens is 1. The molecule has 0 aliphatic heterocycles. The Morgan fingerprint density at radius 1 is 1.08 bits per heavy atom. The van der Waals surface area contributed by atoms with Crippen molar-refractivity contribution in [3.05, 3.63) is 59.9 Å². The maximum atomic E-state index is 6.05. The molecule has 0 atom stereocenters. The third kappa shape index (κ3) is 4.90. The number of benzene rings is 2. The Labute approximate surface area is 155 Å². The Morgan fingerprint density at radius 2 is 1.84 bits per heavy atom.